The normalized spacial score (nSPS) is 23.0. The van der Waals surface area contributed by atoms with Crippen LogP contribution in [0, 0.1) is 29.0 Å². The van der Waals surface area contributed by atoms with Crippen molar-refractivity contribution in [2.24, 2.45) is 11.8 Å². The van der Waals surface area contributed by atoms with Crippen molar-refractivity contribution < 1.29 is 9.13 Å². The van der Waals surface area contributed by atoms with Gasteiger partial charge in [-0.3, -0.25) is 4.98 Å². The number of aromatic nitrogens is 3. The molecule has 2 unspecified atom stereocenters. The number of piperidine rings is 1. The number of benzene rings is 2. The molecule has 39 heavy (non-hydrogen) atoms. The van der Waals surface area contributed by atoms with Crippen molar-refractivity contribution in [2.45, 2.75) is 38.1 Å². The Morgan fingerprint density at radius 2 is 1.87 bits per heavy atom. The molecule has 2 aromatic carbocycles. The largest absolute Gasteiger partial charge is 0.462 e. The summed E-state index contributed by atoms with van der Waals surface area (Å²) in [6, 6.07) is 13.9. The molecular weight excluding hydrogens is 491 g/mol. The zero-order chi connectivity index (χ0) is 26.5. The molecule has 0 radical (unpaired) electrons. The fourth-order valence-corrected chi connectivity index (χ4v) is 6.89. The number of hydrogen-bond acceptors (Lipinski definition) is 7. The molecule has 3 aliphatic rings. The van der Waals surface area contributed by atoms with Gasteiger partial charge in [0, 0.05) is 36.3 Å². The molecule has 2 aliphatic heterocycles. The van der Waals surface area contributed by atoms with Gasteiger partial charge in [0.05, 0.1) is 17.0 Å². The van der Waals surface area contributed by atoms with E-state index in [0.717, 1.165) is 37.9 Å². The van der Waals surface area contributed by atoms with Crippen LogP contribution in [0.15, 0.2) is 42.6 Å². The molecule has 2 bridgehead atoms. The van der Waals surface area contributed by atoms with E-state index in [0.29, 0.717) is 52.2 Å². The van der Waals surface area contributed by atoms with E-state index in [2.05, 4.69) is 32.9 Å². The van der Waals surface area contributed by atoms with Crippen molar-refractivity contribution in [3.8, 4) is 23.3 Å². The molecule has 198 valence electrons. The van der Waals surface area contributed by atoms with Gasteiger partial charge in [0.15, 0.2) is 5.82 Å². The maximum absolute atomic E-state index is 16.5. The number of anilines is 1. The minimum atomic E-state index is -0.515. The van der Waals surface area contributed by atoms with Gasteiger partial charge in [0.2, 0.25) is 0 Å². The summed E-state index contributed by atoms with van der Waals surface area (Å²) in [7, 11) is 2.11. The Labute approximate surface area is 227 Å². The first-order valence-electron chi connectivity index (χ1n) is 14.0. The van der Waals surface area contributed by atoms with E-state index in [1.54, 1.807) is 12.3 Å². The van der Waals surface area contributed by atoms with E-state index >= 15 is 4.39 Å². The Balaban J connectivity index is 1.37. The minimum absolute atomic E-state index is 0.181. The Bertz CT molecular complexity index is 1600. The van der Waals surface area contributed by atoms with Gasteiger partial charge in [0.1, 0.15) is 23.6 Å². The second-order valence-corrected chi connectivity index (χ2v) is 11.4. The number of nitrogens with zero attached hydrogens (tertiary/aromatic N) is 6. The van der Waals surface area contributed by atoms with Crippen molar-refractivity contribution in [3.63, 3.8) is 0 Å². The van der Waals surface area contributed by atoms with Crippen LogP contribution in [0.3, 0.4) is 0 Å². The van der Waals surface area contributed by atoms with Gasteiger partial charge in [-0.1, -0.05) is 30.3 Å². The molecule has 4 heterocycles. The first-order valence-corrected chi connectivity index (χ1v) is 14.0. The fraction of sp³-hybridized carbons (Fsp3) is 0.419. The Kier molecular flexibility index (Phi) is 6.04. The third-order valence-electron chi connectivity index (χ3n) is 8.91. The Morgan fingerprint density at radius 3 is 2.62 bits per heavy atom. The van der Waals surface area contributed by atoms with E-state index in [9.17, 15) is 5.26 Å². The number of ether oxygens (including phenoxy) is 1. The molecule has 3 atom stereocenters. The smallest absolute Gasteiger partial charge is 0.319 e. The number of nitriles is 1. The third kappa shape index (κ3) is 4.25. The van der Waals surface area contributed by atoms with E-state index in [1.165, 1.54) is 19.3 Å². The number of likely N-dealkylation sites (tertiary alicyclic amines) is 1. The highest BCUT2D eigenvalue weighted by molar-refractivity contribution is 6.01. The maximum atomic E-state index is 16.5. The average Bonchev–Trinajstić information content (AvgIpc) is 3.54. The molecule has 1 saturated carbocycles. The van der Waals surface area contributed by atoms with Crippen LogP contribution < -0.4 is 9.64 Å². The number of fused-ring (bicyclic) bond motifs is 4. The summed E-state index contributed by atoms with van der Waals surface area (Å²) in [4.78, 5) is 18.7. The van der Waals surface area contributed by atoms with Crippen LogP contribution in [0.25, 0.3) is 32.9 Å². The highest BCUT2D eigenvalue weighted by Crippen LogP contribution is 2.41. The summed E-state index contributed by atoms with van der Waals surface area (Å²) in [6.07, 6.45) is 7.64. The molecule has 2 saturated heterocycles. The highest BCUT2D eigenvalue weighted by atomic mass is 19.1. The first-order chi connectivity index (χ1) is 19.1. The molecule has 0 spiro atoms. The minimum Gasteiger partial charge on any atom is -0.462 e. The van der Waals surface area contributed by atoms with Gasteiger partial charge in [-0.05, 0) is 69.0 Å². The van der Waals surface area contributed by atoms with Gasteiger partial charge in [-0.15, -0.1) is 0 Å². The molecule has 0 N–H and O–H groups in total. The van der Waals surface area contributed by atoms with Gasteiger partial charge < -0.3 is 14.5 Å². The summed E-state index contributed by atoms with van der Waals surface area (Å²) in [5, 5.41) is 11.9. The van der Waals surface area contributed by atoms with Crippen molar-refractivity contribution in [1.82, 2.24) is 19.9 Å². The van der Waals surface area contributed by atoms with Crippen LogP contribution in [-0.4, -0.2) is 59.2 Å². The van der Waals surface area contributed by atoms with E-state index < -0.39 is 5.82 Å². The van der Waals surface area contributed by atoms with Gasteiger partial charge in [-0.2, -0.15) is 15.2 Å². The van der Waals surface area contributed by atoms with Crippen LogP contribution >= 0.6 is 0 Å². The monoisotopic (exact) mass is 522 g/mol. The van der Waals surface area contributed by atoms with Crippen LogP contribution in [-0.2, 0) is 0 Å². The van der Waals surface area contributed by atoms with Crippen LogP contribution in [0.5, 0.6) is 6.01 Å². The average molecular weight is 523 g/mol. The number of likely N-dealkylation sites (N-methyl/N-ethyl adjacent to an activating group) is 1. The second-order valence-electron chi connectivity index (χ2n) is 11.4. The summed E-state index contributed by atoms with van der Waals surface area (Å²) >= 11 is 0. The molecule has 2 aromatic heterocycles. The van der Waals surface area contributed by atoms with Crippen molar-refractivity contribution in [1.29, 1.82) is 5.26 Å². The lowest BCUT2D eigenvalue weighted by Crippen LogP contribution is -2.37. The number of rotatable bonds is 5. The lowest BCUT2D eigenvalue weighted by Gasteiger charge is -2.33. The van der Waals surface area contributed by atoms with Gasteiger partial charge >= 0.3 is 6.01 Å². The molecule has 8 heteroatoms. The predicted molar refractivity (Wildman–Crippen MR) is 149 cm³/mol. The maximum Gasteiger partial charge on any atom is 0.319 e. The van der Waals surface area contributed by atoms with Crippen molar-refractivity contribution in [2.75, 3.05) is 38.2 Å². The highest BCUT2D eigenvalue weighted by Gasteiger charge is 2.35. The van der Waals surface area contributed by atoms with Crippen LogP contribution in [0.4, 0.5) is 10.2 Å². The SMILES string of the molecule is CN1CCC[C@H]1COc1nc(N2CC3CCC(C3)C2)c2cnc(-c3cccc4cccc(C#N)c34)c(F)c2n1. The van der Waals surface area contributed by atoms with Gasteiger partial charge in [0.25, 0.3) is 0 Å². The quantitative estimate of drug-likeness (QED) is 0.339. The van der Waals surface area contributed by atoms with Crippen molar-refractivity contribution >= 4 is 27.5 Å². The van der Waals surface area contributed by atoms with E-state index in [-0.39, 0.29) is 17.2 Å². The summed E-state index contributed by atoms with van der Waals surface area (Å²) in [5.74, 6) is 1.48. The van der Waals surface area contributed by atoms with E-state index in [4.69, 9.17) is 9.72 Å². The van der Waals surface area contributed by atoms with Crippen LogP contribution in [0.2, 0.25) is 0 Å². The molecule has 1 aliphatic carbocycles. The number of pyridine rings is 1. The zero-order valence-corrected chi connectivity index (χ0v) is 22.1. The van der Waals surface area contributed by atoms with Crippen LogP contribution in [0.1, 0.15) is 37.7 Å². The summed E-state index contributed by atoms with van der Waals surface area (Å²) < 4.78 is 22.7. The topological polar surface area (TPSA) is 78.2 Å². The molecule has 7 nitrogen and oxygen atoms in total. The standard InChI is InChI=1S/C31H31FN6O/c1-37-12-4-8-23(37)18-39-31-35-29-25(30(36-31)38-16-19-10-11-20(13-19)17-38)15-34-28(27(29)32)24-9-3-6-21-5-2-7-22(14-33)26(21)24/h2-3,5-7,9,15,19-20,23H,4,8,10-13,16-18H2,1H3/t19?,20?,23-/m0/s1. The Hall–Kier alpha value is -3.83. The molecule has 4 aromatic rings. The predicted octanol–water partition coefficient (Wildman–Crippen LogP) is 5.57. The summed E-state index contributed by atoms with van der Waals surface area (Å²) in [5.41, 5.74) is 1.46. The molecule has 0 amide bonds. The molecule has 7 rings (SSSR count). The number of hydrogen-bond donors (Lipinski definition) is 0. The fourth-order valence-electron chi connectivity index (χ4n) is 6.89. The molecule has 3 fully saturated rings. The van der Waals surface area contributed by atoms with E-state index in [1.807, 2.05) is 30.3 Å². The third-order valence-corrected chi connectivity index (χ3v) is 8.91. The van der Waals surface area contributed by atoms with Crippen molar-refractivity contribution in [3.05, 3.63) is 54.0 Å². The Morgan fingerprint density at radius 1 is 1.08 bits per heavy atom. The number of halogens is 1. The molecular formula is C31H31FN6O. The van der Waals surface area contributed by atoms with Gasteiger partial charge in [-0.25, -0.2) is 4.39 Å². The summed E-state index contributed by atoms with van der Waals surface area (Å²) in [6.45, 7) is 3.34. The first kappa shape index (κ1) is 24.2. The zero-order valence-electron chi connectivity index (χ0n) is 22.1. The second kappa shape index (κ2) is 9.73. The lowest BCUT2D eigenvalue weighted by molar-refractivity contribution is 0.188. The lowest BCUT2D eigenvalue weighted by atomic mass is 9.96.